The van der Waals surface area contributed by atoms with Gasteiger partial charge in [-0.2, -0.15) is 0 Å². The number of amides is 5. The molecule has 0 bridgehead atoms. The van der Waals surface area contributed by atoms with E-state index in [4.69, 9.17) is 0 Å². The normalized spacial score (nSPS) is 24.8. The van der Waals surface area contributed by atoms with Crippen LogP contribution in [-0.4, -0.2) is 124 Å². The average Bonchev–Trinajstić information content (AvgIpc) is 3.61. The fourth-order valence-corrected chi connectivity index (χ4v) is 7.28. The average molecular weight is 686 g/mol. The van der Waals surface area contributed by atoms with Gasteiger partial charge in [-0.1, -0.05) is 61.4 Å². The Balaban J connectivity index is 1.30. The number of carbonyl (C=O) groups is 5. The van der Waals surface area contributed by atoms with Gasteiger partial charge in [-0.05, 0) is 43.1 Å². The minimum absolute atomic E-state index is 0.0101. The summed E-state index contributed by atoms with van der Waals surface area (Å²) >= 11 is 0. The number of aromatic nitrogens is 1. The van der Waals surface area contributed by atoms with Gasteiger partial charge in [-0.3, -0.25) is 28.9 Å². The lowest BCUT2D eigenvalue weighted by atomic mass is 10.0. The molecular weight excluding hydrogens is 638 g/mol. The molecule has 50 heavy (non-hydrogen) atoms. The van der Waals surface area contributed by atoms with E-state index in [0.29, 0.717) is 0 Å². The number of aliphatic hydroxyl groups is 1. The Labute approximate surface area is 291 Å². The van der Waals surface area contributed by atoms with Crippen molar-refractivity contribution >= 4 is 40.4 Å². The van der Waals surface area contributed by atoms with Crippen molar-refractivity contribution in [2.24, 2.45) is 0 Å². The van der Waals surface area contributed by atoms with E-state index in [1.807, 2.05) is 54.6 Å². The summed E-state index contributed by atoms with van der Waals surface area (Å²) in [5.41, 5.74) is 2.50. The Bertz CT molecular complexity index is 1670. The smallest absolute Gasteiger partial charge is 0.246 e. The van der Waals surface area contributed by atoms with Crippen LogP contribution in [0.4, 0.5) is 0 Å². The van der Waals surface area contributed by atoms with Gasteiger partial charge in [0.15, 0.2) is 0 Å². The Kier molecular flexibility index (Phi) is 11.4. The van der Waals surface area contributed by atoms with E-state index >= 15 is 0 Å². The minimum Gasteiger partial charge on any atom is -0.391 e. The number of H-pyrrole nitrogens is 1. The summed E-state index contributed by atoms with van der Waals surface area (Å²) in [5, 5.41) is 20.2. The lowest BCUT2D eigenvalue weighted by Crippen LogP contribution is -2.57. The minimum atomic E-state index is -1.09. The van der Waals surface area contributed by atoms with Crippen LogP contribution >= 0.6 is 0 Å². The molecular formula is C37H47N7O6. The van der Waals surface area contributed by atoms with Gasteiger partial charge in [0.1, 0.15) is 18.1 Å². The molecule has 13 heteroatoms. The summed E-state index contributed by atoms with van der Waals surface area (Å²) < 4.78 is 0. The second-order valence-corrected chi connectivity index (χ2v) is 13.6. The third kappa shape index (κ3) is 8.69. The van der Waals surface area contributed by atoms with Crippen molar-refractivity contribution in [3.63, 3.8) is 0 Å². The van der Waals surface area contributed by atoms with Crippen molar-refractivity contribution in [3.8, 4) is 0 Å². The first-order chi connectivity index (χ1) is 24.2. The third-order valence-corrected chi connectivity index (χ3v) is 9.94. The molecule has 3 fully saturated rings. The summed E-state index contributed by atoms with van der Waals surface area (Å²) in [7, 11) is 0. The molecule has 1 aromatic heterocycles. The first kappa shape index (κ1) is 35.1. The lowest BCUT2D eigenvalue weighted by Gasteiger charge is -2.30. The predicted molar refractivity (Wildman–Crippen MR) is 187 cm³/mol. The highest BCUT2D eigenvalue weighted by Crippen LogP contribution is 2.24. The van der Waals surface area contributed by atoms with Crippen molar-refractivity contribution in [2.75, 3.05) is 45.8 Å². The molecule has 4 heterocycles. The fraction of sp³-hybridized carbons (Fsp3) is 0.486. The van der Waals surface area contributed by atoms with Crippen molar-refractivity contribution < 1.29 is 29.1 Å². The van der Waals surface area contributed by atoms with E-state index in [0.717, 1.165) is 60.8 Å². The molecule has 2 aromatic carbocycles. The van der Waals surface area contributed by atoms with Gasteiger partial charge in [0.2, 0.25) is 29.5 Å². The molecule has 4 atom stereocenters. The number of para-hydroxylation sites is 1. The Morgan fingerprint density at radius 3 is 2.34 bits per heavy atom. The van der Waals surface area contributed by atoms with Crippen LogP contribution in [0, 0.1) is 0 Å². The molecule has 0 radical (unpaired) electrons. The molecule has 0 aliphatic carbocycles. The van der Waals surface area contributed by atoms with Crippen LogP contribution in [0.1, 0.15) is 43.2 Å². The maximum atomic E-state index is 14.4. The molecule has 0 saturated carbocycles. The number of rotatable bonds is 6. The second-order valence-electron chi connectivity index (χ2n) is 13.6. The zero-order valence-corrected chi connectivity index (χ0v) is 28.3. The van der Waals surface area contributed by atoms with Gasteiger partial charge in [0.05, 0.1) is 19.2 Å². The van der Waals surface area contributed by atoms with Crippen molar-refractivity contribution in [2.45, 2.75) is 69.2 Å². The highest BCUT2D eigenvalue weighted by molar-refractivity contribution is 5.96. The van der Waals surface area contributed by atoms with Gasteiger partial charge in [0.25, 0.3) is 0 Å². The Morgan fingerprint density at radius 2 is 1.56 bits per heavy atom. The number of nitrogens with one attached hydrogen (secondary N) is 4. The van der Waals surface area contributed by atoms with Crippen molar-refractivity contribution in [3.05, 3.63) is 71.9 Å². The fourth-order valence-electron chi connectivity index (χ4n) is 7.28. The first-order valence-corrected chi connectivity index (χ1v) is 17.7. The number of likely N-dealkylation sites (tertiary alicyclic amines) is 1. The van der Waals surface area contributed by atoms with Crippen LogP contribution < -0.4 is 16.0 Å². The lowest BCUT2D eigenvalue weighted by molar-refractivity contribution is -0.142. The van der Waals surface area contributed by atoms with E-state index in [1.165, 1.54) is 9.80 Å². The molecule has 5 N–H and O–H groups in total. The third-order valence-electron chi connectivity index (χ3n) is 9.94. The maximum Gasteiger partial charge on any atom is 0.246 e. The van der Waals surface area contributed by atoms with E-state index < -0.39 is 47.9 Å². The number of aliphatic hydroxyl groups excluding tert-OH is 1. The topological polar surface area (TPSA) is 167 Å². The summed E-state index contributed by atoms with van der Waals surface area (Å²) in [6.07, 6.45) is 5.37. The molecule has 0 unspecified atom stereocenters. The van der Waals surface area contributed by atoms with Crippen LogP contribution in [-0.2, 0) is 36.8 Å². The number of carbonyl (C=O) groups excluding carboxylic acids is 5. The zero-order valence-electron chi connectivity index (χ0n) is 28.3. The van der Waals surface area contributed by atoms with Gasteiger partial charge in [-0.25, -0.2) is 0 Å². The monoisotopic (exact) mass is 685 g/mol. The molecule has 3 aliphatic heterocycles. The van der Waals surface area contributed by atoms with Crippen LogP contribution in [0.25, 0.3) is 10.9 Å². The van der Waals surface area contributed by atoms with Crippen molar-refractivity contribution in [1.29, 1.82) is 0 Å². The maximum absolute atomic E-state index is 14.4. The zero-order chi connectivity index (χ0) is 35.0. The van der Waals surface area contributed by atoms with Gasteiger partial charge in [0, 0.05) is 56.0 Å². The van der Waals surface area contributed by atoms with E-state index in [9.17, 15) is 29.1 Å². The van der Waals surface area contributed by atoms with E-state index in [-0.39, 0.29) is 57.9 Å². The van der Waals surface area contributed by atoms with Crippen LogP contribution in [0.15, 0.2) is 60.8 Å². The standard InChI is InChI=1S/C37H47N7O6/c45-27-20-32-36(49)41-30(18-25-10-4-3-5-11-25)35(48)38-14-17-43(34(47)24-42-15-8-1-2-9-16-42)23-33(46)40-31(37(50)44(32)22-27)19-26-21-39-29-13-7-6-12-28(26)29/h3-7,10-13,21,27,30-32,39,45H,1-2,8-9,14-20,22-24H2,(H,38,48)(H,40,46)(H,41,49)/t27-,30+,31-,32+/m1/s1. The first-order valence-electron chi connectivity index (χ1n) is 17.7. The summed E-state index contributed by atoms with van der Waals surface area (Å²) in [4.78, 5) is 77.3. The number of hydrogen-bond donors (Lipinski definition) is 5. The number of hydrogen-bond acceptors (Lipinski definition) is 7. The summed E-state index contributed by atoms with van der Waals surface area (Å²) in [6.45, 7) is 1.47. The molecule has 3 saturated heterocycles. The molecule has 5 amide bonds. The van der Waals surface area contributed by atoms with E-state index in [1.54, 1.807) is 6.20 Å². The summed E-state index contributed by atoms with van der Waals surface area (Å²) in [6, 6.07) is 13.8. The molecule has 266 valence electrons. The van der Waals surface area contributed by atoms with Crippen LogP contribution in [0.3, 0.4) is 0 Å². The quantitative estimate of drug-likeness (QED) is 0.255. The second kappa shape index (κ2) is 16.3. The largest absolute Gasteiger partial charge is 0.391 e. The molecule has 13 nitrogen and oxygen atoms in total. The summed E-state index contributed by atoms with van der Waals surface area (Å²) in [5.74, 6) is -2.31. The molecule has 6 rings (SSSR count). The predicted octanol–water partition coefficient (Wildman–Crippen LogP) is 0.719. The van der Waals surface area contributed by atoms with Gasteiger partial charge in [-0.15, -0.1) is 0 Å². The molecule has 3 aliphatic rings. The number of fused-ring (bicyclic) bond motifs is 2. The Hall–Kier alpha value is -4.75. The SMILES string of the molecule is O=C1CN(C(=O)CN2CCCCCC2)CCNC(=O)[C@H](Cc2ccccc2)NC(=O)[C@@H]2C[C@@H](O)CN2C(=O)[C@@H](Cc2c[nH]c3ccccc23)N1. The van der Waals surface area contributed by atoms with Gasteiger partial charge < -0.3 is 35.8 Å². The van der Waals surface area contributed by atoms with E-state index in [2.05, 4.69) is 25.8 Å². The van der Waals surface area contributed by atoms with Crippen LogP contribution in [0.5, 0.6) is 0 Å². The van der Waals surface area contributed by atoms with Crippen LogP contribution in [0.2, 0.25) is 0 Å². The molecule has 0 spiro atoms. The highest BCUT2D eigenvalue weighted by atomic mass is 16.3. The Morgan fingerprint density at radius 1 is 0.820 bits per heavy atom. The van der Waals surface area contributed by atoms with Crippen molar-refractivity contribution in [1.82, 2.24) is 35.6 Å². The number of aromatic amines is 1. The molecule has 3 aromatic rings. The highest BCUT2D eigenvalue weighted by Gasteiger charge is 2.43. The van der Waals surface area contributed by atoms with Gasteiger partial charge >= 0.3 is 0 Å². The number of nitrogens with zero attached hydrogens (tertiary/aromatic N) is 3. The number of benzene rings is 2.